The molecule has 0 fully saturated rings. The second-order valence-electron chi connectivity index (χ2n) is 6.40. The lowest BCUT2D eigenvalue weighted by atomic mass is 10.2. The van der Waals surface area contributed by atoms with E-state index >= 15 is 0 Å². The summed E-state index contributed by atoms with van der Waals surface area (Å²) in [6, 6.07) is 12.9. The zero-order chi connectivity index (χ0) is 21.8. The van der Waals surface area contributed by atoms with Crippen LogP contribution in [0.1, 0.15) is 15.9 Å². The fraction of sp³-hybridized carbons (Fsp3) is 0.100. The molecule has 2 aromatic carbocycles. The molecule has 30 heavy (non-hydrogen) atoms. The van der Waals surface area contributed by atoms with Gasteiger partial charge in [0.1, 0.15) is 23.3 Å². The number of hydrogen-bond donors (Lipinski definition) is 3. The van der Waals surface area contributed by atoms with Gasteiger partial charge >= 0.3 is 6.01 Å². The SMILES string of the molecule is CN(C)C(=O)c1cccc(Oc2nc(N)c(N)c(Oc3ccc(C#N)c(N)c3)n2)c1. The van der Waals surface area contributed by atoms with E-state index in [0.29, 0.717) is 22.6 Å². The molecular weight excluding hydrogens is 386 g/mol. The van der Waals surface area contributed by atoms with Crippen LogP contribution in [0.25, 0.3) is 0 Å². The van der Waals surface area contributed by atoms with E-state index in [-0.39, 0.29) is 35.0 Å². The van der Waals surface area contributed by atoms with Crippen molar-refractivity contribution in [2.24, 2.45) is 0 Å². The van der Waals surface area contributed by atoms with E-state index in [1.54, 1.807) is 44.4 Å². The average molecular weight is 405 g/mol. The van der Waals surface area contributed by atoms with Gasteiger partial charge in [0.25, 0.3) is 11.8 Å². The minimum absolute atomic E-state index is 0.0156. The molecule has 0 aliphatic heterocycles. The monoisotopic (exact) mass is 405 g/mol. The van der Waals surface area contributed by atoms with E-state index in [1.165, 1.54) is 17.0 Å². The quantitative estimate of drug-likeness (QED) is 0.540. The van der Waals surface area contributed by atoms with Crippen LogP contribution in [-0.4, -0.2) is 34.9 Å². The van der Waals surface area contributed by atoms with E-state index < -0.39 is 0 Å². The zero-order valence-corrected chi connectivity index (χ0v) is 16.3. The summed E-state index contributed by atoms with van der Waals surface area (Å²) in [5, 5.41) is 8.97. The highest BCUT2D eigenvalue weighted by Gasteiger charge is 2.15. The highest BCUT2D eigenvalue weighted by atomic mass is 16.5. The maximum atomic E-state index is 12.1. The lowest BCUT2D eigenvalue weighted by molar-refractivity contribution is 0.0827. The summed E-state index contributed by atoms with van der Waals surface area (Å²) in [6.45, 7) is 0. The van der Waals surface area contributed by atoms with Gasteiger partial charge in [-0.1, -0.05) is 6.07 Å². The highest BCUT2D eigenvalue weighted by Crippen LogP contribution is 2.33. The van der Waals surface area contributed by atoms with Crippen molar-refractivity contribution in [2.45, 2.75) is 0 Å². The number of nitrogens with two attached hydrogens (primary N) is 3. The summed E-state index contributed by atoms with van der Waals surface area (Å²) in [5.41, 5.74) is 18.6. The van der Waals surface area contributed by atoms with Gasteiger partial charge in [-0.3, -0.25) is 4.79 Å². The number of carbonyl (C=O) groups is 1. The largest absolute Gasteiger partial charge is 0.437 e. The number of ether oxygens (including phenoxy) is 2. The first-order chi connectivity index (χ1) is 14.3. The van der Waals surface area contributed by atoms with Crippen LogP contribution >= 0.6 is 0 Å². The third-order valence-corrected chi connectivity index (χ3v) is 3.97. The number of anilines is 3. The fourth-order valence-electron chi connectivity index (χ4n) is 2.44. The molecule has 0 bridgehead atoms. The van der Waals surface area contributed by atoms with Crippen LogP contribution in [0.5, 0.6) is 23.4 Å². The smallest absolute Gasteiger partial charge is 0.327 e. The number of hydrogen-bond acceptors (Lipinski definition) is 9. The van der Waals surface area contributed by atoms with Crippen molar-refractivity contribution in [2.75, 3.05) is 31.3 Å². The summed E-state index contributed by atoms with van der Waals surface area (Å²) in [4.78, 5) is 21.7. The topological polar surface area (TPSA) is 166 Å². The van der Waals surface area contributed by atoms with E-state index in [1.807, 2.05) is 6.07 Å². The Labute approximate surface area is 172 Å². The standard InChI is InChI=1S/C20H19N7O3/c1-27(2)19(28)11-4-3-5-13(8-11)30-20-25-17(24)16(23)18(26-20)29-14-7-6-12(10-21)15(22)9-14/h3-9H,22-23H2,1-2H3,(H2,24,25,26). The first-order valence-electron chi connectivity index (χ1n) is 8.68. The minimum atomic E-state index is -0.180. The van der Waals surface area contributed by atoms with E-state index in [0.717, 1.165) is 0 Å². The summed E-state index contributed by atoms with van der Waals surface area (Å²) >= 11 is 0. The normalized spacial score (nSPS) is 10.2. The Kier molecular flexibility index (Phi) is 5.55. The lowest BCUT2D eigenvalue weighted by Gasteiger charge is -2.13. The van der Waals surface area contributed by atoms with Gasteiger partial charge in [0.05, 0.1) is 11.3 Å². The molecule has 1 amide bonds. The predicted octanol–water partition coefficient (Wildman–Crippen LogP) is 2.38. The molecule has 0 radical (unpaired) electrons. The number of aromatic nitrogens is 2. The van der Waals surface area contributed by atoms with Crippen LogP contribution in [-0.2, 0) is 0 Å². The van der Waals surface area contributed by atoms with Gasteiger partial charge in [-0.15, -0.1) is 0 Å². The number of nitrogens with zero attached hydrogens (tertiary/aromatic N) is 4. The molecule has 1 heterocycles. The molecule has 10 heteroatoms. The second-order valence-corrected chi connectivity index (χ2v) is 6.40. The molecule has 0 aliphatic rings. The molecule has 0 unspecified atom stereocenters. The summed E-state index contributed by atoms with van der Waals surface area (Å²) < 4.78 is 11.3. The lowest BCUT2D eigenvalue weighted by Crippen LogP contribution is -2.21. The Bertz CT molecular complexity index is 1160. The van der Waals surface area contributed by atoms with E-state index in [9.17, 15) is 4.79 Å². The van der Waals surface area contributed by atoms with Crippen molar-refractivity contribution in [3.8, 4) is 29.5 Å². The summed E-state index contributed by atoms with van der Waals surface area (Å²) in [7, 11) is 3.30. The molecule has 0 atom stereocenters. The van der Waals surface area contributed by atoms with Crippen LogP contribution < -0.4 is 26.7 Å². The Morgan fingerprint density at radius 2 is 1.77 bits per heavy atom. The zero-order valence-electron chi connectivity index (χ0n) is 16.3. The van der Waals surface area contributed by atoms with Crippen LogP contribution in [0.2, 0.25) is 0 Å². The molecule has 0 spiro atoms. The predicted molar refractivity (Wildman–Crippen MR) is 111 cm³/mol. The molecule has 1 aromatic heterocycles. The average Bonchev–Trinajstić information content (AvgIpc) is 2.71. The molecule has 3 aromatic rings. The molecule has 0 aliphatic carbocycles. The number of amides is 1. The van der Waals surface area contributed by atoms with E-state index in [2.05, 4.69) is 9.97 Å². The molecule has 3 rings (SSSR count). The van der Waals surface area contributed by atoms with Crippen molar-refractivity contribution >= 4 is 23.1 Å². The molecule has 0 saturated carbocycles. The number of rotatable bonds is 5. The fourth-order valence-corrected chi connectivity index (χ4v) is 2.44. The Morgan fingerprint density at radius 3 is 2.43 bits per heavy atom. The third-order valence-electron chi connectivity index (χ3n) is 3.97. The number of benzene rings is 2. The summed E-state index contributed by atoms with van der Waals surface area (Å²) in [6.07, 6.45) is 0. The van der Waals surface area contributed by atoms with Crippen molar-refractivity contribution in [3.63, 3.8) is 0 Å². The van der Waals surface area contributed by atoms with Crippen molar-refractivity contribution in [1.29, 1.82) is 5.26 Å². The Morgan fingerprint density at radius 1 is 1.03 bits per heavy atom. The summed E-state index contributed by atoms with van der Waals surface area (Å²) in [5.74, 6) is 0.376. The van der Waals surface area contributed by atoms with Gasteiger partial charge in [-0.2, -0.15) is 15.2 Å². The first-order valence-corrected chi connectivity index (χ1v) is 8.68. The maximum absolute atomic E-state index is 12.1. The van der Waals surface area contributed by atoms with Gasteiger partial charge in [-0.25, -0.2) is 0 Å². The van der Waals surface area contributed by atoms with Crippen molar-refractivity contribution in [1.82, 2.24) is 14.9 Å². The van der Waals surface area contributed by atoms with Crippen molar-refractivity contribution in [3.05, 3.63) is 53.6 Å². The molecule has 10 nitrogen and oxygen atoms in total. The highest BCUT2D eigenvalue weighted by molar-refractivity contribution is 5.94. The van der Waals surface area contributed by atoms with Crippen LogP contribution in [0, 0.1) is 11.3 Å². The van der Waals surface area contributed by atoms with Crippen LogP contribution in [0.15, 0.2) is 42.5 Å². The Hall–Kier alpha value is -4.52. The number of carbonyl (C=O) groups excluding carboxylic acids is 1. The van der Waals surface area contributed by atoms with Gasteiger partial charge in [0, 0.05) is 25.7 Å². The molecule has 0 saturated heterocycles. The van der Waals surface area contributed by atoms with E-state index in [4.69, 9.17) is 31.9 Å². The molecule has 6 N–H and O–H groups in total. The molecule has 152 valence electrons. The number of nitriles is 1. The maximum Gasteiger partial charge on any atom is 0.327 e. The van der Waals surface area contributed by atoms with Gasteiger partial charge in [0.2, 0.25) is 0 Å². The second kappa shape index (κ2) is 8.24. The van der Waals surface area contributed by atoms with Crippen LogP contribution in [0.4, 0.5) is 17.2 Å². The third kappa shape index (κ3) is 4.31. The van der Waals surface area contributed by atoms with Crippen molar-refractivity contribution < 1.29 is 14.3 Å². The molecular formula is C20H19N7O3. The Balaban J connectivity index is 1.89. The first kappa shape index (κ1) is 20.2. The van der Waals surface area contributed by atoms with Gasteiger partial charge in [0.15, 0.2) is 5.82 Å². The minimum Gasteiger partial charge on any atom is -0.437 e. The number of nitrogen functional groups attached to an aromatic ring is 3. The van der Waals surface area contributed by atoms with Gasteiger partial charge < -0.3 is 31.6 Å². The van der Waals surface area contributed by atoms with Crippen LogP contribution in [0.3, 0.4) is 0 Å². The van der Waals surface area contributed by atoms with Gasteiger partial charge in [-0.05, 0) is 30.3 Å².